The average Bonchev–Trinajstić information content (AvgIpc) is 2.98. The molecule has 0 aliphatic heterocycles. The van der Waals surface area contributed by atoms with Gasteiger partial charge in [0.05, 0.1) is 7.91 Å². The number of benzene rings is 1. The molecule has 0 amide bonds. The first-order valence-corrected chi connectivity index (χ1v) is 7.90. The fraction of sp³-hybridized carbons (Fsp3) is 0.0769. The number of hydrazine groups is 1. The van der Waals surface area contributed by atoms with E-state index in [9.17, 15) is 0 Å². The van der Waals surface area contributed by atoms with Crippen LogP contribution in [-0.4, -0.2) is 0 Å². The number of halogens is 2. The Morgan fingerprint density at radius 3 is 2.84 bits per heavy atom. The number of nitrogens with two attached hydrogens (primary N) is 1. The summed E-state index contributed by atoms with van der Waals surface area (Å²) in [5.74, 6) is 6.43. The molecule has 2 heterocycles. The van der Waals surface area contributed by atoms with Crippen LogP contribution >= 0.6 is 45.5 Å². The molecule has 0 saturated heterocycles. The van der Waals surface area contributed by atoms with Crippen molar-refractivity contribution < 1.29 is 4.42 Å². The van der Waals surface area contributed by atoms with Crippen molar-refractivity contribution in [1.82, 2.24) is 5.43 Å². The van der Waals surface area contributed by atoms with Crippen LogP contribution in [0.5, 0.6) is 0 Å². The van der Waals surface area contributed by atoms with Crippen LogP contribution in [0.25, 0.3) is 11.0 Å². The van der Waals surface area contributed by atoms with Crippen LogP contribution in [0.2, 0.25) is 5.02 Å². The van der Waals surface area contributed by atoms with E-state index >= 15 is 0 Å². The molecule has 0 radical (unpaired) electrons. The van der Waals surface area contributed by atoms with Gasteiger partial charge < -0.3 is 4.42 Å². The lowest BCUT2D eigenvalue weighted by Gasteiger charge is -2.11. The Hall–Kier alpha value is -0.600. The number of fused-ring (bicyclic) bond motifs is 1. The molecule has 2 aromatic heterocycles. The third-order valence-corrected chi connectivity index (χ3v) is 4.99. The van der Waals surface area contributed by atoms with Crippen LogP contribution in [0.4, 0.5) is 0 Å². The summed E-state index contributed by atoms with van der Waals surface area (Å²) in [5.41, 5.74) is 4.58. The lowest BCUT2D eigenvalue weighted by molar-refractivity contribution is 0.478. The van der Waals surface area contributed by atoms with Crippen molar-refractivity contribution in [2.75, 3.05) is 0 Å². The second-order valence-electron chi connectivity index (χ2n) is 4.09. The standard InChI is InChI=1S/C13H10ClIN2OS/c14-9-3-1-2-7-4-10(18-13(7)9)12(17-16)8-5-11(15)19-6-8/h1-6,12,17H,16H2. The van der Waals surface area contributed by atoms with Crippen LogP contribution in [0.3, 0.4) is 0 Å². The summed E-state index contributed by atoms with van der Waals surface area (Å²) in [6, 6.07) is 9.58. The first kappa shape index (κ1) is 13.4. The highest BCUT2D eigenvalue weighted by atomic mass is 127. The molecule has 0 bridgehead atoms. The summed E-state index contributed by atoms with van der Waals surface area (Å²) >= 11 is 10.1. The summed E-state index contributed by atoms with van der Waals surface area (Å²) in [4.78, 5) is 0. The van der Waals surface area contributed by atoms with Gasteiger partial charge in [-0.1, -0.05) is 23.7 Å². The SMILES string of the molecule is NNC(c1csc(I)c1)c1cc2cccc(Cl)c2o1. The number of para-hydroxylation sites is 1. The normalized spacial score (nSPS) is 13.0. The summed E-state index contributed by atoms with van der Waals surface area (Å²) in [6.07, 6.45) is 0. The summed E-state index contributed by atoms with van der Waals surface area (Å²) in [5, 5.41) is 3.66. The Morgan fingerprint density at radius 2 is 2.21 bits per heavy atom. The number of nitrogens with one attached hydrogen (secondary N) is 1. The zero-order valence-corrected chi connectivity index (χ0v) is 13.4. The highest BCUT2D eigenvalue weighted by Crippen LogP contribution is 2.33. The van der Waals surface area contributed by atoms with Crippen molar-refractivity contribution in [2.45, 2.75) is 6.04 Å². The first-order chi connectivity index (χ1) is 9.19. The molecule has 98 valence electrons. The molecule has 0 aliphatic carbocycles. The van der Waals surface area contributed by atoms with E-state index < -0.39 is 0 Å². The molecule has 1 aromatic carbocycles. The summed E-state index contributed by atoms with van der Waals surface area (Å²) in [7, 11) is 0. The van der Waals surface area contributed by atoms with E-state index in [-0.39, 0.29) is 6.04 Å². The number of hydrogen-bond acceptors (Lipinski definition) is 4. The van der Waals surface area contributed by atoms with Crippen LogP contribution in [0.1, 0.15) is 17.4 Å². The molecule has 3 aromatic rings. The lowest BCUT2D eigenvalue weighted by Crippen LogP contribution is -2.28. The summed E-state index contributed by atoms with van der Waals surface area (Å²) < 4.78 is 7.05. The molecule has 0 saturated carbocycles. The Kier molecular flexibility index (Phi) is 3.81. The van der Waals surface area contributed by atoms with Gasteiger partial charge in [-0.15, -0.1) is 11.3 Å². The maximum Gasteiger partial charge on any atom is 0.152 e. The minimum atomic E-state index is -0.164. The summed E-state index contributed by atoms with van der Waals surface area (Å²) in [6.45, 7) is 0. The van der Waals surface area contributed by atoms with E-state index in [4.69, 9.17) is 21.9 Å². The van der Waals surface area contributed by atoms with Crippen LogP contribution in [0.15, 0.2) is 40.1 Å². The molecule has 0 aliphatic rings. The molecule has 1 atom stereocenters. The van der Waals surface area contributed by atoms with Crippen molar-refractivity contribution >= 4 is 56.5 Å². The zero-order chi connectivity index (χ0) is 13.4. The van der Waals surface area contributed by atoms with Crippen LogP contribution in [0, 0.1) is 2.88 Å². The third kappa shape index (κ3) is 2.53. The minimum absolute atomic E-state index is 0.164. The zero-order valence-electron chi connectivity index (χ0n) is 9.69. The predicted molar refractivity (Wildman–Crippen MR) is 87.4 cm³/mol. The van der Waals surface area contributed by atoms with Crippen molar-refractivity contribution in [3.63, 3.8) is 0 Å². The molecular formula is C13H10ClIN2OS. The first-order valence-electron chi connectivity index (χ1n) is 5.57. The Bertz CT molecular complexity index is 724. The maximum absolute atomic E-state index is 6.12. The van der Waals surface area contributed by atoms with E-state index in [2.05, 4.69) is 39.5 Å². The van der Waals surface area contributed by atoms with Gasteiger partial charge in [-0.05, 0) is 51.7 Å². The van der Waals surface area contributed by atoms with Gasteiger partial charge >= 0.3 is 0 Å². The predicted octanol–water partition coefficient (Wildman–Crippen LogP) is 4.31. The largest absolute Gasteiger partial charge is 0.457 e. The van der Waals surface area contributed by atoms with Crippen molar-refractivity contribution in [3.05, 3.63) is 54.9 Å². The quantitative estimate of drug-likeness (QED) is 0.389. The van der Waals surface area contributed by atoms with Gasteiger partial charge in [-0.3, -0.25) is 5.84 Å². The van der Waals surface area contributed by atoms with E-state index in [1.54, 1.807) is 11.3 Å². The Balaban J connectivity index is 2.09. The van der Waals surface area contributed by atoms with Crippen molar-refractivity contribution in [2.24, 2.45) is 5.84 Å². The number of thiophene rings is 1. The van der Waals surface area contributed by atoms with Gasteiger partial charge in [0.15, 0.2) is 5.58 Å². The number of rotatable bonds is 3. The lowest BCUT2D eigenvalue weighted by atomic mass is 10.1. The second-order valence-corrected chi connectivity index (χ2v) is 7.30. The van der Waals surface area contributed by atoms with Gasteiger partial charge in [0.2, 0.25) is 0 Å². The van der Waals surface area contributed by atoms with E-state index in [1.165, 1.54) is 2.88 Å². The molecule has 0 fully saturated rings. The molecule has 3 rings (SSSR count). The third-order valence-electron chi connectivity index (χ3n) is 2.89. The van der Waals surface area contributed by atoms with E-state index in [1.807, 2.05) is 24.3 Å². The molecule has 3 nitrogen and oxygen atoms in total. The van der Waals surface area contributed by atoms with E-state index in [0.29, 0.717) is 10.6 Å². The maximum atomic E-state index is 6.12. The molecule has 19 heavy (non-hydrogen) atoms. The molecular weight excluding hydrogens is 395 g/mol. The average molecular weight is 405 g/mol. The Morgan fingerprint density at radius 1 is 1.37 bits per heavy atom. The van der Waals surface area contributed by atoms with Crippen molar-refractivity contribution in [3.8, 4) is 0 Å². The van der Waals surface area contributed by atoms with E-state index in [0.717, 1.165) is 16.7 Å². The van der Waals surface area contributed by atoms with Gasteiger partial charge in [0, 0.05) is 5.39 Å². The fourth-order valence-corrected chi connectivity index (χ4v) is 3.63. The topological polar surface area (TPSA) is 51.2 Å². The van der Waals surface area contributed by atoms with Crippen molar-refractivity contribution in [1.29, 1.82) is 0 Å². The minimum Gasteiger partial charge on any atom is -0.457 e. The second kappa shape index (κ2) is 5.41. The molecule has 1 unspecified atom stereocenters. The monoisotopic (exact) mass is 404 g/mol. The fourth-order valence-electron chi connectivity index (χ4n) is 2.01. The molecule has 6 heteroatoms. The van der Waals surface area contributed by atoms with Crippen LogP contribution in [-0.2, 0) is 0 Å². The van der Waals surface area contributed by atoms with Gasteiger partial charge in [0.25, 0.3) is 0 Å². The molecule has 3 N–H and O–H groups in total. The Labute approximate surface area is 132 Å². The highest BCUT2D eigenvalue weighted by molar-refractivity contribution is 14.1. The smallest absolute Gasteiger partial charge is 0.152 e. The van der Waals surface area contributed by atoms with Gasteiger partial charge in [-0.2, -0.15) is 0 Å². The molecule has 0 spiro atoms. The number of furan rings is 1. The van der Waals surface area contributed by atoms with Gasteiger partial charge in [-0.25, -0.2) is 5.43 Å². The highest BCUT2D eigenvalue weighted by Gasteiger charge is 2.19. The number of hydrogen-bond donors (Lipinski definition) is 2. The van der Waals surface area contributed by atoms with Crippen LogP contribution < -0.4 is 11.3 Å². The van der Waals surface area contributed by atoms with Gasteiger partial charge in [0.1, 0.15) is 11.8 Å².